The Balaban J connectivity index is 1.72. The van der Waals surface area contributed by atoms with Gasteiger partial charge in [-0.1, -0.05) is 6.92 Å². The number of esters is 1. The van der Waals surface area contributed by atoms with E-state index in [4.69, 9.17) is 4.74 Å². The average Bonchev–Trinajstić information content (AvgIpc) is 3.22. The Morgan fingerprint density at radius 1 is 1.48 bits per heavy atom. The quantitative estimate of drug-likeness (QED) is 0.848. The lowest BCUT2D eigenvalue weighted by Gasteiger charge is -2.15. The fourth-order valence-corrected chi connectivity index (χ4v) is 2.59. The van der Waals surface area contributed by atoms with Crippen LogP contribution in [0.5, 0.6) is 0 Å². The molecule has 0 bridgehead atoms. The molecule has 1 fully saturated rings. The lowest BCUT2D eigenvalue weighted by Crippen LogP contribution is -2.28. The summed E-state index contributed by atoms with van der Waals surface area (Å²) in [7, 11) is 0. The highest BCUT2D eigenvalue weighted by Crippen LogP contribution is 2.23. The van der Waals surface area contributed by atoms with Gasteiger partial charge >= 0.3 is 5.97 Å². The summed E-state index contributed by atoms with van der Waals surface area (Å²) < 4.78 is 6.58. The predicted octanol–water partition coefficient (Wildman–Crippen LogP) is 1.65. The molecular formula is C16H18N4O3. The Morgan fingerprint density at radius 3 is 2.91 bits per heavy atom. The Kier molecular flexibility index (Phi) is 4.36. The molecule has 0 aromatic carbocycles. The van der Waals surface area contributed by atoms with Crippen molar-refractivity contribution in [3.63, 3.8) is 0 Å². The number of hydrogen-bond donors (Lipinski definition) is 1. The van der Waals surface area contributed by atoms with Crippen molar-refractivity contribution in [1.82, 2.24) is 20.1 Å². The van der Waals surface area contributed by atoms with E-state index in [1.165, 1.54) is 0 Å². The molecule has 23 heavy (non-hydrogen) atoms. The van der Waals surface area contributed by atoms with Crippen molar-refractivity contribution in [3.8, 4) is 0 Å². The van der Waals surface area contributed by atoms with Crippen LogP contribution in [0.25, 0.3) is 0 Å². The van der Waals surface area contributed by atoms with Crippen LogP contribution in [0.4, 0.5) is 0 Å². The number of nitrogens with zero attached hydrogens (tertiary/aromatic N) is 3. The molecule has 7 nitrogen and oxygen atoms in total. The molecule has 0 aliphatic carbocycles. The first-order valence-corrected chi connectivity index (χ1v) is 7.60. The Bertz CT molecular complexity index is 698. The van der Waals surface area contributed by atoms with Crippen LogP contribution in [0, 0.1) is 0 Å². The zero-order chi connectivity index (χ0) is 16.2. The molecule has 0 saturated carbocycles. The third-order valence-electron chi connectivity index (χ3n) is 3.91. The second-order valence-corrected chi connectivity index (χ2v) is 5.40. The molecule has 0 radical (unpaired) electrons. The zero-order valence-corrected chi connectivity index (χ0v) is 12.8. The first kappa shape index (κ1) is 15.2. The number of carbonyl (C=O) groups is 2. The van der Waals surface area contributed by atoms with E-state index in [1.54, 1.807) is 41.6 Å². The van der Waals surface area contributed by atoms with Gasteiger partial charge in [-0.15, -0.1) is 0 Å². The fourth-order valence-electron chi connectivity index (χ4n) is 2.59. The highest BCUT2D eigenvalue weighted by molar-refractivity contribution is 5.94. The normalized spacial score (nSPS) is 18.5. The highest BCUT2D eigenvalue weighted by atomic mass is 16.5. The summed E-state index contributed by atoms with van der Waals surface area (Å²) in [5.74, 6) is -0.416. The van der Waals surface area contributed by atoms with Gasteiger partial charge in [0.1, 0.15) is 0 Å². The summed E-state index contributed by atoms with van der Waals surface area (Å²) in [4.78, 5) is 27.8. The number of amides is 1. The van der Waals surface area contributed by atoms with E-state index in [2.05, 4.69) is 15.4 Å². The number of cyclic esters (lactones) is 1. The average molecular weight is 314 g/mol. The molecule has 1 aliphatic rings. The van der Waals surface area contributed by atoms with E-state index in [9.17, 15) is 9.59 Å². The second-order valence-electron chi connectivity index (χ2n) is 5.40. The summed E-state index contributed by atoms with van der Waals surface area (Å²) in [6, 6.07) is 2.80. The summed E-state index contributed by atoms with van der Waals surface area (Å²) >= 11 is 0. The van der Waals surface area contributed by atoms with E-state index in [0.29, 0.717) is 18.6 Å². The van der Waals surface area contributed by atoms with Crippen LogP contribution in [0.15, 0.2) is 36.9 Å². The molecule has 3 heterocycles. The van der Waals surface area contributed by atoms with Crippen LogP contribution in [-0.4, -0.2) is 33.2 Å². The molecule has 1 amide bonds. The van der Waals surface area contributed by atoms with Gasteiger partial charge in [0.25, 0.3) is 5.91 Å². The van der Waals surface area contributed by atoms with Crippen molar-refractivity contribution in [2.45, 2.75) is 31.8 Å². The number of ether oxygens (including phenoxy) is 1. The van der Waals surface area contributed by atoms with Gasteiger partial charge in [0, 0.05) is 36.1 Å². The van der Waals surface area contributed by atoms with Crippen LogP contribution in [0.1, 0.15) is 47.8 Å². The zero-order valence-electron chi connectivity index (χ0n) is 12.8. The molecule has 1 saturated heterocycles. The molecule has 0 spiro atoms. The van der Waals surface area contributed by atoms with Gasteiger partial charge in [-0.2, -0.15) is 5.10 Å². The summed E-state index contributed by atoms with van der Waals surface area (Å²) in [6.07, 6.45) is 8.00. The van der Waals surface area contributed by atoms with Crippen molar-refractivity contribution in [2.24, 2.45) is 0 Å². The number of hydrogen-bond acceptors (Lipinski definition) is 5. The minimum atomic E-state index is -0.364. The SMILES string of the molecule is CC[C@@H](NC(=O)c1ccncc1)c1cnn(C2CCOC2=O)c1. The maximum atomic E-state index is 12.3. The number of aromatic nitrogens is 3. The molecule has 2 aromatic rings. The first-order valence-electron chi connectivity index (χ1n) is 7.60. The standard InChI is InChI=1S/C16H18N4O3/c1-2-13(19-15(21)11-3-6-17-7-4-11)12-9-18-20(10-12)14-5-8-23-16(14)22/h3-4,6-7,9-10,13-14H,2,5,8H2,1H3,(H,19,21)/t13-,14?/m1/s1. The molecule has 120 valence electrons. The molecule has 1 unspecified atom stereocenters. The Hall–Kier alpha value is -2.70. The number of pyridine rings is 1. The van der Waals surface area contributed by atoms with E-state index >= 15 is 0 Å². The van der Waals surface area contributed by atoms with E-state index in [-0.39, 0.29) is 24.0 Å². The molecule has 3 rings (SSSR count). The number of nitrogens with one attached hydrogen (secondary N) is 1. The van der Waals surface area contributed by atoms with Crippen molar-refractivity contribution >= 4 is 11.9 Å². The Morgan fingerprint density at radius 2 is 2.26 bits per heavy atom. The van der Waals surface area contributed by atoms with Gasteiger partial charge in [0.15, 0.2) is 6.04 Å². The van der Waals surface area contributed by atoms with Crippen LogP contribution in [-0.2, 0) is 9.53 Å². The monoisotopic (exact) mass is 314 g/mol. The first-order chi connectivity index (χ1) is 11.2. The van der Waals surface area contributed by atoms with Gasteiger partial charge < -0.3 is 10.1 Å². The highest BCUT2D eigenvalue weighted by Gasteiger charge is 2.29. The maximum Gasteiger partial charge on any atom is 0.331 e. The van der Waals surface area contributed by atoms with Crippen LogP contribution in [0.3, 0.4) is 0 Å². The van der Waals surface area contributed by atoms with Crippen molar-refractivity contribution in [3.05, 3.63) is 48.0 Å². The molecule has 2 atom stereocenters. The minimum absolute atomic E-state index is 0.160. The topological polar surface area (TPSA) is 86.1 Å². The van der Waals surface area contributed by atoms with E-state index in [0.717, 1.165) is 12.0 Å². The fraction of sp³-hybridized carbons (Fsp3) is 0.375. The molecular weight excluding hydrogens is 296 g/mol. The van der Waals surface area contributed by atoms with Crippen molar-refractivity contribution < 1.29 is 14.3 Å². The van der Waals surface area contributed by atoms with Crippen LogP contribution < -0.4 is 5.32 Å². The van der Waals surface area contributed by atoms with Gasteiger partial charge in [-0.3, -0.25) is 14.5 Å². The smallest absolute Gasteiger partial charge is 0.331 e. The van der Waals surface area contributed by atoms with Crippen LogP contribution >= 0.6 is 0 Å². The van der Waals surface area contributed by atoms with Gasteiger partial charge in [0.2, 0.25) is 0 Å². The Labute approximate surface area is 133 Å². The molecule has 1 N–H and O–H groups in total. The van der Waals surface area contributed by atoms with Crippen molar-refractivity contribution in [1.29, 1.82) is 0 Å². The third-order valence-corrected chi connectivity index (χ3v) is 3.91. The largest absolute Gasteiger partial charge is 0.464 e. The van der Waals surface area contributed by atoms with Crippen molar-refractivity contribution in [2.75, 3.05) is 6.61 Å². The number of carbonyl (C=O) groups excluding carboxylic acids is 2. The molecule has 7 heteroatoms. The summed E-state index contributed by atoms with van der Waals surface area (Å²) in [6.45, 7) is 2.41. The van der Waals surface area contributed by atoms with E-state index < -0.39 is 0 Å². The van der Waals surface area contributed by atoms with Gasteiger partial charge in [0.05, 0.1) is 18.8 Å². The molecule has 2 aromatic heterocycles. The number of rotatable bonds is 5. The molecule has 1 aliphatic heterocycles. The second kappa shape index (κ2) is 6.60. The predicted molar refractivity (Wildman–Crippen MR) is 81.6 cm³/mol. The van der Waals surface area contributed by atoms with Gasteiger partial charge in [-0.25, -0.2) is 4.79 Å². The van der Waals surface area contributed by atoms with E-state index in [1.807, 2.05) is 6.92 Å². The summed E-state index contributed by atoms with van der Waals surface area (Å²) in [5, 5.41) is 7.23. The maximum absolute atomic E-state index is 12.3. The lowest BCUT2D eigenvalue weighted by molar-refractivity contribution is -0.140. The van der Waals surface area contributed by atoms with Crippen LogP contribution in [0.2, 0.25) is 0 Å². The third kappa shape index (κ3) is 3.23. The lowest BCUT2D eigenvalue weighted by atomic mass is 10.1. The van der Waals surface area contributed by atoms with Gasteiger partial charge in [-0.05, 0) is 18.6 Å². The minimum Gasteiger partial charge on any atom is -0.464 e. The summed E-state index contributed by atoms with van der Waals surface area (Å²) in [5.41, 5.74) is 1.43.